The predicted molar refractivity (Wildman–Crippen MR) is 201 cm³/mol. The molecule has 4 aromatic carbocycles. The molecule has 2 N–H and O–H groups in total. The van der Waals surface area contributed by atoms with E-state index in [1.54, 1.807) is 45.0 Å². The van der Waals surface area contributed by atoms with E-state index >= 15 is 0 Å². The quantitative estimate of drug-likeness (QED) is 0.0788. The van der Waals surface area contributed by atoms with Gasteiger partial charge in [-0.25, -0.2) is 9.86 Å². The molecule has 11 nitrogen and oxygen atoms in total. The molecule has 0 unspecified atom stereocenters. The average molecular weight is 726 g/mol. The zero-order valence-corrected chi connectivity index (χ0v) is 31.4. The Kier molecular flexibility index (Phi) is 16.5. The van der Waals surface area contributed by atoms with Gasteiger partial charge in [0.2, 0.25) is 5.91 Å². The minimum atomic E-state index is -0.678. The second-order valence-corrected chi connectivity index (χ2v) is 13.8. The third-order valence-corrected chi connectivity index (χ3v) is 7.47. The molecule has 0 aromatic heterocycles. The first kappa shape index (κ1) is 41.7. The van der Waals surface area contributed by atoms with Gasteiger partial charge in [-0.3, -0.25) is 19.6 Å². The Morgan fingerprint density at radius 2 is 1.13 bits per heavy atom. The van der Waals surface area contributed by atoms with Crippen molar-refractivity contribution in [2.75, 3.05) is 6.54 Å². The molecule has 53 heavy (non-hydrogen) atoms. The summed E-state index contributed by atoms with van der Waals surface area (Å²) in [6, 6.07) is 34.2. The van der Waals surface area contributed by atoms with E-state index in [9.17, 15) is 24.4 Å². The number of amides is 3. The molecule has 0 radical (unpaired) electrons. The van der Waals surface area contributed by atoms with Gasteiger partial charge in [-0.15, -0.1) is 0 Å². The number of rotatable bonds is 14. The summed E-state index contributed by atoms with van der Waals surface area (Å²) in [5, 5.41) is 14.2. The molecule has 11 heteroatoms. The van der Waals surface area contributed by atoms with E-state index in [2.05, 4.69) is 5.32 Å². The van der Waals surface area contributed by atoms with Gasteiger partial charge in [0.15, 0.2) is 0 Å². The molecule has 0 fully saturated rings. The molecule has 0 saturated heterocycles. The third kappa shape index (κ3) is 16.0. The van der Waals surface area contributed by atoms with E-state index in [1.165, 1.54) is 6.92 Å². The van der Waals surface area contributed by atoms with Crippen molar-refractivity contribution in [1.29, 1.82) is 0 Å². The molecule has 282 valence electrons. The maximum atomic E-state index is 12.0. The van der Waals surface area contributed by atoms with Gasteiger partial charge in [0, 0.05) is 13.5 Å². The number of hydroxylamine groups is 4. The van der Waals surface area contributed by atoms with Crippen LogP contribution in [0.4, 0.5) is 0 Å². The van der Waals surface area contributed by atoms with Crippen LogP contribution >= 0.6 is 0 Å². The number of carbonyl (C=O) groups excluding carboxylic acids is 4. The summed E-state index contributed by atoms with van der Waals surface area (Å²) in [4.78, 5) is 52.6. The summed E-state index contributed by atoms with van der Waals surface area (Å²) in [6.07, 6.45) is -0.374. The van der Waals surface area contributed by atoms with E-state index in [0.29, 0.717) is 36.5 Å². The summed E-state index contributed by atoms with van der Waals surface area (Å²) in [7, 11) is 0. The predicted octanol–water partition coefficient (Wildman–Crippen LogP) is 7.26. The SMILES string of the molecule is CC(=O)N(Cc1ccc(OCc2ccccc2)cc1)OC(=O)C(C)(C)C.CC(C)CNC(=O)CC(=O)N(O)Cc1ccc(OCc2ccccc2)cc1. The molecule has 0 aliphatic carbocycles. The van der Waals surface area contributed by atoms with Gasteiger partial charge >= 0.3 is 5.97 Å². The lowest BCUT2D eigenvalue weighted by molar-refractivity contribution is -0.206. The average Bonchev–Trinajstić information content (AvgIpc) is 3.13. The third-order valence-electron chi connectivity index (χ3n) is 7.47. The second-order valence-electron chi connectivity index (χ2n) is 13.8. The van der Waals surface area contributed by atoms with E-state index in [-0.39, 0.29) is 25.4 Å². The number of benzene rings is 4. The lowest BCUT2D eigenvalue weighted by atomic mass is 9.98. The number of hydrogen-bond donors (Lipinski definition) is 2. The van der Waals surface area contributed by atoms with Crippen LogP contribution in [0.2, 0.25) is 0 Å². The Morgan fingerprint density at radius 1 is 0.679 bits per heavy atom. The fourth-order valence-corrected chi connectivity index (χ4v) is 4.34. The highest BCUT2D eigenvalue weighted by molar-refractivity contribution is 5.96. The number of nitrogens with zero attached hydrogens (tertiary/aromatic N) is 2. The summed E-state index contributed by atoms with van der Waals surface area (Å²) in [5.74, 6) is -0.0670. The molecule has 0 aliphatic rings. The maximum Gasteiger partial charge on any atom is 0.337 e. The van der Waals surface area contributed by atoms with Gasteiger partial charge in [-0.2, -0.15) is 5.06 Å². The number of ether oxygens (including phenoxy) is 2. The highest BCUT2D eigenvalue weighted by Crippen LogP contribution is 2.20. The molecule has 3 amide bonds. The van der Waals surface area contributed by atoms with Crippen LogP contribution in [0.1, 0.15) is 70.2 Å². The lowest BCUT2D eigenvalue weighted by Crippen LogP contribution is -2.36. The smallest absolute Gasteiger partial charge is 0.337 e. The normalized spacial score (nSPS) is 10.7. The van der Waals surface area contributed by atoms with Crippen LogP contribution in [0.25, 0.3) is 0 Å². The first-order valence-electron chi connectivity index (χ1n) is 17.5. The first-order valence-corrected chi connectivity index (χ1v) is 17.5. The first-order chi connectivity index (χ1) is 25.2. The summed E-state index contributed by atoms with van der Waals surface area (Å²) in [5.41, 5.74) is 3.07. The molecule has 0 bridgehead atoms. The number of carbonyl (C=O) groups is 4. The molecule has 4 aromatic rings. The van der Waals surface area contributed by atoms with Crippen LogP contribution < -0.4 is 14.8 Å². The molecule has 0 aliphatic heterocycles. The molecule has 4 rings (SSSR count). The van der Waals surface area contributed by atoms with Crippen molar-refractivity contribution < 1.29 is 38.7 Å². The lowest BCUT2D eigenvalue weighted by Gasteiger charge is -2.24. The van der Waals surface area contributed by atoms with Gasteiger partial charge in [-0.1, -0.05) is 98.8 Å². The fraction of sp³-hybridized carbons (Fsp3) is 0.333. The van der Waals surface area contributed by atoms with Crippen LogP contribution in [0.3, 0.4) is 0 Å². The van der Waals surface area contributed by atoms with Gasteiger partial charge in [-0.05, 0) is 73.2 Å². The summed E-state index contributed by atoms with van der Waals surface area (Å²) < 4.78 is 11.4. The largest absolute Gasteiger partial charge is 0.489 e. The van der Waals surface area contributed by atoms with Crippen LogP contribution in [0.5, 0.6) is 11.5 Å². The molecular formula is C42H51N3O8. The topological polar surface area (TPSA) is 135 Å². The van der Waals surface area contributed by atoms with Gasteiger partial charge in [0.1, 0.15) is 31.1 Å². The van der Waals surface area contributed by atoms with Crippen LogP contribution in [-0.4, -0.2) is 45.6 Å². The monoisotopic (exact) mass is 725 g/mol. The molecule has 0 spiro atoms. The van der Waals surface area contributed by atoms with E-state index < -0.39 is 23.2 Å². The second kappa shape index (κ2) is 21.0. The standard InChI is InChI=1S/C21H26N2O4.C21H25NO4/c1-16(2)13-22-20(24)12-21(25)23(26)14-17-8-10-19(11-9-17)27-15-18-6-4-3-5-7-18;1-16(23)22(26-20(24)21(2,3)4)14-17-10-12-19(13-11-17)25-15-18-8-6-5-7-9-18/h3-11,16,26H,12-15H2,1-2H3,(H,22,24);5-13H,14-15H2,1-4H3. The minimum Gasteiger partial charge on any atom is -0.489 e. The van der Waals surface area contributed by atoms with Gasteiger partial charge < -0.3 is 19.6 Å². The van der Waals surface area contributed by atoms with Crippen LogP contribution in [0, 0.1) is 11.3 Å². The van der Waals surface area contributed by atoms with Crippen molar-refractivity contribution in [2.45, 2.75) is 74.3 Å². The Hall–Kier alpha value is -5.68. The van der Waals surface area contributed by atoms with Crippen molar-refractivity contribution in [2.24, 2.45) is 11.3 Å². The van der Waals surface area contributed by atoms with E-state index in [4.69, 9.17) is 14.3 Å². The van der Waals surface area contributed by atoms with E-state index in [1.807, 2.05) is 98.8 Å². The molecular weight excluding hydrogens is 674 g/mol. The fourth-order valence-electron chi connectivity index (χ4n) is 4.34. The summed E-state index contributed by atoms with van der Waals surface area (Å²) >= 11 is 0. The molecule has 0 saturated carbocycles. The Labute approximate surface area is 312 Å². The van der Waals surface area contributed by atoms with Crippen LogP contribution in [0.15, 0.2) is 109 Å². The van der Waals surface area contributed by atoms with Crippen LogP contribution in [-0.2, 0) is 50.3 Å². The highest BCUT2D eigenvalue weighted by Gasteiger charge is 2.27. The van der Waals surface area contributed by atoms with Gasteiger partial charge in [0.25, 0.3) is 11.8 Å². The van der Waals surface area contributed by atoms with E-state index in [0.717, 1.165) is 33.1 Å². The number of nitrogens with one attached hydrogen (secondary N) is 1. The van der Waals surface area contributed by atoms with Crippen molar-refractivity contribution >= 4 is 23.7 Å². The zero-order chi connectivity index (χ0) is 38.8. The van der Waals surface area contributed by atoms with Crippen molar-refractivity contribution in [1.82, 2.24) is 15.4 Å². The minimum absolute atomic E-state index is 0.00919. The Bertz CT molecular complexity index is 1720. The van der Waals surface area contributed by atoms with Gasteiger partial charge in [0.05, 0.1) is 18.5 Å². The Balaban J connectivity index is 0.000000286. The van der Waals surface area contributed by atoms with Crippen molar-refractivity contribution in [3.05, 3.63) is 131 Å². The van der Waals surface area contributed by atoms with Crippen molar-refractivity contribution in [3.63, 3.8) is 0 Å². The summed E-state index contributed by atoms with van der Waals surface area (Å²) in [6.45, 7) is 12.2. The zero-order valence-electron chi connectivity index (χ0n) is 31.4. The molecule has 0 atom stereocenters. The Morgan fingerprint density at radius 3 is 1.55 bits per heavy atom. The highest BCUT2D eigenvalue weighted by atomic mass is 16.7. The maximum absolute atomic E-state index is 12.0. The number of hydrogen-bond acceptors (Lipinski definition) is 8. The van der Waals surface area contributed by atoms with Crippen molar-refractivity contribution in [3.8, 4) is 11.5 Å². The molecule has 0 heterocycles.